The van der Waals surface area contributed by atoms with Crippen molar-refractivity contribution in [1.82, 2.24) is 10.3 Å². The lowest BCUT2D eigenvalue weighted by molar-refractivity contribution is 0.0928. The Bertz CT molecular complexity index is 416. The molecule has 0 aliphatic carbocycles. The molecule has 0 spiro atoms. The summed E-state index contributed by atoms with van der Waals surface area (Å²) in [5.74, 6) is -0.166. The average Bonchev–Trinajstić information content (AvgIpc) is 2.83. The maximum Gasteiger partial charge on any atom is 0.270 e. The van der Waals surface area contributed by atoms with E-state index in [1.807, 2.05) is 6.92 Å². The van der Waals surface area contributed by atoms with Crippen molar-refractivity contribution < 1.29 is 9.90 Å². The highest BCUT2D eigenvalue weighted by molar-refractivity contribution is 7.09. The van der Waals surface area contributed by atoms with Crippen molar-refractivity contribution in [3.8, 4) is 0 Å². The molecule has 1 aromatic heterocycles. The van der Waals surface area contributed by atoms with E-state index < -0.39 is 0 Å². The van der Waals surface area contributed by atoms with Gasteiger partial charge in [0.05, 0.1) is 6.04 Å². The number of aliphatic hydroxyl groups excluding tert-OH is 1. The maximum absolute atomic E-state index is 11.9. The monoisotopic (exact) mass is 285 g/mol. The molecule has 0 fully saturated rings. The number of nitrogens with zero attached hydrogens (tertiary/aromatic N) is 1. The lowest BCUT2D eigenvalue weighted by Gasteiger charge is -2.24. The van der Waals surface area contributed by atoms with Gasteiger partial charge in [0, 0.05) is 18.5 Å². The van der Waals surface area contributed by atoms with Crippen LogP contribution in [0.4, 0.5) is 0 Å². The van der Waals surface area contributed by atoms with Gasteiger partial charge < -0.3 is 16.2 Å². The molecule has 108 valence electrons. The Hall–Kier alpha value is -0.980. The van der Waals surface area contributed by atoms with E-state index in [1.165, 1.54) is 11.3 Å². The minimum atomic E-state index is -0.166. The highest BCUT2D eigenvalue weighted by atomic mass is 32.1. The van der Waals surface area contributed by atoms with Gasteiger partial charge in [0.1, 0.15) is 10.7 Å². The van der Waals surface area contributed by atoms with E-state index in [-0.39, 0.29) is 24.0 Å². The van der Waals surface area contributed by atoms with Crippen LogP contribution in [-0.4, -0.2) is 29.1 Å². The van der Waals surface area contributed by atoms with E-state index in [9.17, 15) is 4.79 Å². The molecule has 0 saturated heterocycles. The predicted octanol–water partition coefficient (Wildman–Crippen LogP) is 1.69. The molecule has 5 nitrogen and oxygen atoms in total. The van der Waals surface area contributed by atoms with E-state index in [2.05, 4.69) is 24.1 Å². The Labute approximate surface area is 118 Å². The number of aliphatic hydroxyl groups is 1. The number of aromatic nitrogens is 1. The molecule has 1 rings (SSSR count). The fourth-order valence-electron chi connectivity index (χ4n) is 1.66. The van der Waals surface area contributed by atoms with Crippen LogP contribution in [0.2, 0.25) is 0 Å². The molecule has 1 amide bonds. The first kappa shape index (κ1) is 16.1. The quantitative estimate of drug-likeness (QED) is 0.711. The van der Waals surface area contributed by atoms with E-state index in [1.54, 1.807) is 5.38 Å². The van der Waals surface area contributed by atoms with Crippen LogP contribution in [0.1, 0.15) is 55.2 Å². The van der Waals surface area contributed by atoms with E-state index in [0.717, 1.165) is 17.8 Å². The molecule has 0 aliphatic rings. The van der Waals surface area contributed by atoms with Gasteiger partial charge in [0.25, 0.3) is 5.91 Å². The molecule has 1 atom stereocenters. The van der Waals surface area contributed by atoms with Crippen LogP contribution >= 0.6 is 11.3 Å². The summed E-state index contributed by atoms with van der Waals surface area (Å²) < 4.78 is 0. The predicted molar refractivity (Wildman–Crippen MR) is 77.2 cm³/mol. The van der Waals surface area contributed by atoms with E-state index >= 15 is 0 Å². The van der Waals surface area contributed by atoms with Crippen LogP contribution in [0.5, 0.6) is 0 Å². The second kappa shape index (κ2) is 6.98. The molecule has 0 radical (unpaired) electrons. The van der Waals surface area contributed by atoms with Crippen LogP contribution in [-0.2, 0) is 0 Å². The van der Waals surface area contributed by atoms with Gasteiger partial charge >= 0.3 is 0 Å². The van der Waals surface area contributed by atoms with Crippen LogP contribution in [0.25, 0.3) is 0 Å². The zero-order chi connectivity index (χ0) is 14.5. The fourth-order valence-corrected chi connectivity index (χ4v) is 2.41. The van der Waals surface area contributed by atoms with Crippen LogP contribution in [0.15, 0.2) is 5.38 Å². The minimum absolute atomic E-state index is 0.0294. The summed E-state index contributed by atoms with van der Waals surface area (Å²) in [6, 6.07) is -0.146. The van der Waals surface area contributed by atoms with Gasteiger partial charge in [-0.2, -0.15) is 0 Å². The molecule has 0 bridgehead atoms. The number of thiazole rings is 1. The summed E-state index contributed by atoms with van der Waals surface area (Å²) in [4.78, 5) is 16.2. The van der Waals surface area contributed by atoms with Gasteiger partial charge in [0.2, 0.25) is 0 Å². The van der Waals surface area contributed by atoms with Gasteiger partial charge in [-0.3, -0.25) is 4.79 Å². The number of carbonyl (C=O) groups excluding carboxylic acids is 1. The van der Waals surface area contributed by atoms with Crippen molar-refractivity contribution in [2.45, 2.75) is 39.7 Å². The molecule has 1 aromatic rings. The number of hydrogen-bond acceptors (Lipinski definition) is 5. The van der Waals surface area contributed by atoms with Crippen LogP contribution < -0.4 is 11.1 Å². The number of hydrogen-bond donors (Lipinski definition) is 3. The molecule has 0 aromatic carbocycles. The van der Waals surface area contributed by atoms with E-state index in [0.29, 0.717) is 12.2 Å². The molecule has 6 heteroatoms. The van der Waals surface area contributed by atoms with Crippen molar-refractivity contribution in [1.29, 1.82) is 0 Å². The highest BCUT2D eigenvalue weighted by Gasteiger charge is 2.20. The van der Waals surface area contributed by atoms with Crippen LogP contribution in [0, 0.1) is 5.41 Å². The second-order valence-electron chi connectivity index (χ2n) is 5.53. The van der Waals surface area contributed by atoms with Crippen molar-refractivity contribution >= 4 is 17.2 Å². The third-order valence-electron chi connectivity index (χ3n) is 2.88. The van der Waals surface area contributed by atoms with Gasteiger partial charge in [-0.15, -0.1) is 11.3 Å². The molecule has 0 aliphatic heterocycles. The summed E-state index contributed by atoms with van der Waals surface area (Å²) in [6.07, 6.45) is 1.61. The first-order valence-corrected chi connectivity index (χ1v) is 7.34. The Morgan fingerprint density at radius 3 is 2.84 bits per heavy atom. The maximum atomic E-state index is 11.9. The Kier molecular flexibility index (Phi) is 5.90. The number of rotatable bonds is 7. The number of nitrogens with two attached hydrogens (primary N) is 1. The van der Waals surface area contributed by atoms with Gasteiger partial charge in [-0.05, 0) is 25.2 Å². The summed E-state index contributed by atoms with van der Waals surface area (Å²) in [5.41, 5.74) is 6.11. The summed E-state index contributed by atoms with van der Waals surface area (Å²) in [5, 5.41) is 14.2. The molecule has 0 saturated carbocycles. The normalized spacial score (nSPS) is 13.3. The third kappa shape index (κ3) is 5.26. The summed E-state index contributed by atoms with van der Waals surface area (Å²) in [6.45, 7) is 6.73. The molecular formula is C13H23N3O2S. The zero-order valence-corrected chi connectivity index (χ0v) is 12.6. The smallest absolute Gasteiger partial charge is 0.270 e. The number of amides is 1. The van der Waals surface area contributed by atoms with E-state index in [4.69, 9.17) is 10.8 Å². The van der Waals surface area contributed by atoms with Gasteiger partial charge in [0.15, 0.2) is 0 Å². The minimum Gasteiger partial charge on any atom is -0.396 e. The summed E-state index contributed by atoms with van der Waals surface area (Å²) in [7, 11) is 0. The third-order valence-corrected chi connectivity index (χ3v) is 3.93. The first-order chi connectivity index (χ1) is 8.85. The fraction of sp³-hybridized carbons (Fsp3) is 0.692. The summed E-state index contributed by atoms with van der Waals surface area (Å²) >= 11 is 1.40. The second-order valence-corrected chi connectivity index (χ2v) is 6.42. The number of carbonyl (C=O) groups is 1. The Balaban J connectivity index is 2.50. The van der Waals surface area contributed by atoms with Crippen molar-refractivity contribution in [2.75, 3.05) is 13.2 Å². The Morgan fingerprint density at radius 2 is 2.32 bits per heavy atom. The Morgan fingerprint density at radius 1 is 1.63 bits per heavy atom. The molecular weight excluding hydrogens is 262 g/mol. The van der Waals surface area contributed by atoms with Crippen molar-refractivity contribution in [3.05, 3.63) is 16.1 Å². The van der Waals surface area contributed by atoms with Gasteiger partial charge in [-0.25, -0.2) is 4.98 Å². The van der Waals surface area contributed by atoms with Gasteiger partial charge in [-0.1, -0.05) is 13.8 Å². The lowest BCUT2D eigenvalue weighted by Crippen LogP contribution is -2.34. The topological polar surface area (TPSA) is 88.2 Å². The standard InChI is InChI=1S/C13H23N3O2S/c1-9(14)12-16-10(7-19-12)11(18)15-8-13(2,3)5-4-6-17/h7,9,17H,4-6,8,14H2,1-3H3,(H,15,18). The molecule has 19 heavy (non-hydrogen) atoms. The average molecular weight is 285 g/mol. The number of nitrogens with one attached hydrogen (secondary N) is 1. The van der Waals surface area contributed by atoms with Crippen molar-refractivity contribution in [3.63, 3.8) is 0 Å². The molecule has 1 unspecified atom stereocenters. The molecule has 1 heterocycles. The SMILES string of the molecule is CC(N)c1nc(C(=O)NCC(C)(C)CCCO)cs1. The first-order valence-electron chi connectivity index (χ1n) is 6.46. The van der Waals surface area contributed by atoms with Crippen LogP contribution in [0.3, 0.4) is 0 Å². The van der Waals surface area contributed by atoms with Crippen molar-refractivity contribution in [2.24, 2.45) is 11.1 Å². The molecule has 4 N–H and O–H groups in total. The zero-order valence-electron chi connectivity index (χ0n) is 11.8. The highest BCUT2D eigenvalue weighted by Crippen LogP contribution is 2.21. The largest absolute Gasteiger partial charge is 0.396 e. The lowest BCUT2D eigenvalue weighted by atomic mass is 9.88.